The smallest absolute Gasteiger partial charge is 0.0571 e. The highest BCUT2D eigenvalue weighted by atomic mass is 16.3. The first kappa shape index (κ1) is 10.7. The molecule has 0 fully saturated rings. The normalized spacial score (nSPS) is 16.5. The molecule has 0 bridgehead atoms. The molecule has 1 N–H and O–H groups in total. The summed E-state index contributed by atoms with van der Waals surface area (Å²) in [6.45, 7) is 10.00. The maximum Gasteiger partial charge on any atom is 0.0571 e. The van der Waals surface area contributed by atoms with Gasteiger partial charge >= 0.3 is 0 Å². The maximum atomic E-state index is 9.57. The van der Waals surface area contributed by atoms with E-state index >= 15 is 0 Å². The van der Waals surface area contributed by atoms with Gasteiger partial charge in [0, 0.05) is 0 Å². The number of hydrogen-bond donors (Lipinski definition) is 1. The van der Waals surface area contributed by atoms with Crippen LogP contribution in [0.1, 0.15) is 33.6 Å². The summed E-state index contributed by atoms with van der Waals surface area (Å²) in [4.78, 5) is 0. The molecule has 0 rings (SSSR count). The topological polar surface area (TPSA) is 20.2 Å². The molecule has 66 valence electrons. The lowest BCUT2D eigenvalue weighted by atomic mass is 9.86. The Kier molecular flexibility index (Phi) is 5.22. The fourth-order valence-electron chi connectivity index (χ4n) is 1.37. The molecule has 0 radical (unpaired) electrons. The number of aliphatic hydroxyl groups is 1. The van der Waals surface area contributed by atoms with E-state index in [-0.39, 0.29) is 6.10 Å². The fraction of sp³-hybridized carbons (Fsp3) is 0.800. The van der Waals surface area contributed by atoms with Crippen LogP contribution in [-0.4, -0.2) is 11.2 Å². The lowest BCUT2D eigenvalue weighted by Gasteiger charge is -2.24. The van der Waals surface area contributed by atoms with Gasteiger partial charge in [0.2, 0.25) is 0 Å². The van der Waals surface area contributed by atoms with E-state index in [0.29, 0.717) is 11.8 Å². The van der Waals surface area contributed by atoms with Crippen LogP contribution >= 0.6 is 0 Å². The highest BCUT2D eigenvalue weighted by Gasteiger charge is 2.19. The third-order valence-electron chi connectivity index (χ3n) is 2.21. The predicted octanol–water partition coefficient (Wildman–Crippen LogP) is 2.61. The van der Waals surface area contributed by atoms with Gasteiger partial charge in [-0.3, -0.25) is 0 Å². The Bertz CT molecular complexity index is 107. The van der Waals surface area contributed by atoms with Gasteiger partial charge in [0.15, 0.2) is 0 Å². The second-order valence-corrected chi connectivity index (χ2v) is 3.41. The zero-order valence-electron chi connectivity index (χ0n) is 7.88. The van der Waals surface area contributed by atoms with Crippen molar-refractivity contribution in [1.29, 1.82) is 0 Å². The molecule has 0 saturated heterocycles. The minimum Gasteiger partial charge on any atom is -0.393 e. The molecule has 0 heterocycles. The van der Waals surface area contributed by atoms with Gasteiger partial charge in [-0.25, -0.2) is 0 Å². The van der Waals surface area contributed by atoms with Crippen LogP contribution < -0.4 is 0 Å². The van der Waals surface area contributed by atoms with Crippen molar-refractivity contribution in [3.8, 4) is 0 Å². The van der Waals surface area contributed by atoms with Crippen LogP contribution in [0, 0.1) is 11.8 Å². The Labute approximate surface area is 70.1 Å². The summed E-state index contributed by atoms with van der Waals surface area (Å²) in [7, 11) is 0. The van der Waals surface area contributed by atoms with E-state index in [1.807, 2.05) is 13.0 Å². The predicted molar refractivity (Wildman–Crippen MR) is 49.4 cm³/mol. The average molecular weight is 156 g/mol. The fourth-order valence-corrected chi connectivity index (χ4v) is 1.37. The Morgan fingerprint density at radius 3 is 2.27 bits per heavy atom. The Balaban J connectivity index is 3.96. The lowest BCUT2D eigenvalue weighted by molar-refractivity contribution is 0.0796. The van der Waals surface area contributed by atoms with Crippen molar-refractivity contribution >= 4 is 0 Å². The minimum atomic E-state index is -0.159. The van der Waals surface area contributed by atoms with E-state index in [0.717, 1.165) is 12.8 Å². The molecule has 0 amide bonds. The summed E-state index contributed by atoms with van der Waals surface area (Å²) in [5.41, 5.74) is 0. The van der Waals surface area contributed by atoms with Gasteiger partial charge in [0.05, 0.1) is 6.10 Å². The number of allylic oxidation sites excluding steroid dienone is 1. The summed E-state index contributed by atoms with van der Waals surface area (Å²) >= 11 is 0. The van der Waals surface area contributed by atoms with E-state index < -0.39 is 0 Å². The van der Waals surface area contributed by atoms with Gasteiger partial charge in [-0.2, -0.15) is 0 Å². The maximum absolute atomic E-state index is 9.57. The molecule has 0 aromatic heterocycles. The van der Waals surface area contributed by atoms with Gasteiger partial charge < -0.3 is 5.11 Å². The molecular weight excluding hydrogens is 136 g/mol. The van der Waals surface area contributed by atoms with Crippen LogP contribution in [0.2, 0.25) is 0 Å². The zero-order valence-corrected chi connectivity index (χ0v) is 7.88. The van der Waals surface area contributed by atoms with Crippen molar-refractivity contribution < 1.29 is 5.11 Å². The van der Waals surface area contributed by atoms with Crippen molar-refractivity contribution in [2.24, 2.45) is 11.8 Å². The van der Waals surface area contributed by atoms with E-state index in [1.54, 1.807) is 0 Å². The van der Waals surface area contributed by atoms with E-state index in [2.05, 4.69) is 20.4 Å². The number of rotatable bonds is 5. The monoisotopic (exact) mass is 156 g/mol. The summed E-state index contributed by atoms with van der Waals surface area (Å²) < 4.78 is 0. The summed E-state index contributed by atoms with van der Waals surface area (Å²) in [6, 6.07) is 0. The number of aliphatic hydroxyl groups excluding tert-OH is 1. The molecule has 2 atom stereocenters. The van der Waals surface area contributed by atoms with Crippen LogP contribution in [0.3, 0.4) is 0 Å². The second-order valence-electron chi connectivity index (χ2n) is 3.41. The number of hydrogen-bond acceptors (Lipinski definition) is 1. The van der Waals surface area contributed by atoms with Gasteiger partial charge in [-0.05, 0) is 24.7 Å². The first-order valence-electron chi connectivity index (χ1n) is 4.42. The molecule has 0 unspecified atom stereocenters. The Hall–Kier alpha value is -0.300. The van der Waals surface area contributed by atoms with Crippen molar-refractivity contribution in [1.82, 2.24) is 0 Å². The minimum absolute atomic E-state index is 0.159. The van der Waals surface area contributed by atoms with Crippen LogP contribution in [0.15, 0.2) is 12.7 Å². The quantitative estimate of drug-likeness (QED) is 0.607. The standard InChI is InChI=1S/C10H20O/c1-5-7-9(8(3)4)10(11)6-2/h5,8-11H,1,6-7H2,2-4H3/t9-,10-/m1/s1. The Morgan fingerprint density at radius 1 is 1.45 bits per heavy atom. The molecule has 0 aromatic carbocycles. The average Bonchev–Trinajstić information content (AvgIpc) is 1.98. The van der Waals surface area contributed by atoms with E-state index in [9.17, 15) is 5.11 Å². The molecule has 1 nitrogen and oxygen atoms in total. The summed E-state index contributed by atoms with van der Waals surface area (Å²) in [5, 5.41) is 9.57. The van der Waals surface area contributed by atoms with Gasteiger partial charge in [-0.15, -0.1) is 6.58 Å². The van der Waals surface area contributed by atoms with Gasteiger partial charge in [0.1, 0.15) is 0 Å². The van der Waals surface area contributed by atoms with Crippen molar-refractivity contribution in [3.63, 3.8) is 0 Å². The molecule has 0 saturated carbocycles. The SMILES string of the molecule is C=CC[C@H](C(C)C)[C@H](O)CC. The van der Waals surface area contributed by atoms with Crippen molar-refractivity contribution in [2.45, 2.75) is 39.7 Å². The van der Waals surface area contributed by atoms with Crippen molar-refractivity contribution in [3.05, 3.63) is 12.7 Å². The van der Waals surface area contributed by atoms with Crippen LogP contribution in [0.5, 0.6) is 0 Å². The molecule has 0 aliphatic rings. The first-order chi connectivity index (χ1) is 5.13. The third kappa shape index (κ3) is 3.57. The second kappa shape index (κ2) is 5.36. The van der Waals surface area contributed by atoms with E-state index in [1.165, 1.54) is 0 Å². The zero-order chi connectivity index (χ0) is 8.85. The largest absolute Gasteiger partial charge is 0.393 e. The first-order valence-corrected chi connectivity index (χ1v) is 4.42. The molecule has 0 spiro atoms. The molecular formula is C10H20O. The van der Waals surface area contributed by atoms with Crippen LogP contribution in [0.25, 0.3) is 0 Å². The van der Waals surface area contributed by atoms with Crippen LogP contribution in [-0.2, 0) is 0 Å². The summed E-state index contributed by atoms with van der Waals surface area (Å²) in [5.74, 6) is 0.931. The molecule has 0 aromatic rings. The lowest BCUT2D eigenvalue weighted by Crippen LogP contribution is -2.23. The van der Waals surface area contributed by atoms with Crippen molar-refractivity contribution in [2.75, 3.05) is 0 Å². The third-order valence-corrected chi connectivity index (χ3v) is 2.21. The highest BCUT2D eigenvalue weighted by molar-refractivity contribution is 4.79. The Morgan fingerprint density at radius 2 is 2.00 bits per heavy atom. The van der Waals surface area contributed by atoms with Gasteiger partial charge in [0.25, 0.3) is 0 Å². The molecule has 1 heteroatoms. The van der Waals surface area contributed by atoms with Gasteiger partial charge in [-0.1, -0.05) is 26.8 Å². The molecule has 0 aliphatic carbocycles. The molecule has 0 aliphatic heterocycles. The van der Waals surface area contributed by atoms with Crippen LogP contribution in [0.4, 0.5) is 0 Å². The highest BCUT2D eigenvalue weighted by Crippen LogP contribution is 2.21. The molecule has 11 heavy (non-hydrogen) atoms. The van der Waals surface area contributed by atoms with E-state index in [4.69, 9.17) is 0 Å². The summed E-state index contributed by atoms with van der Waals surface area (Å²) in [6.07, 6.45) is 3.50.